The first-order valence-corrected chi connectivity index (χ1v) is 6.96. The highest BCUT2D eigenvalue weighted by atomic mass is 32.2. The highest BCUT2D eigenvalue weighted by Crippen LogP contribution is 2.46. The average molecular weight is 253 g/mol. The molecule has 0 aliphatic heterocycles. The molecule has 2 rings (SSSR count). The molecule has 2 N–H and O–H groups in total. The number of methoxy groups -OCH3 is 2. The molecule has 0 atom stereocenters. The van der Waals surface area contributed by atoms with Gasteiger partial charge in [-0.05, 0) is 37.7 Å². The van der Waals surface area contributed by atoms with E-state index in [0.29, 0.717) is 0 Å². The Kier molecular flexibility index (Phi) is 3.54. The van der Waals surface area contributed by atoms with Crippen LogP contribution < -0.4 is 15.2 Å². The number of thioether (sulfide) groups is 1. The number of hydrogen-bond acceptors (Lipinski definition) is 4. The second-order valence-corrected chi connectivity index (χ2v) is 5.27. The first kappa shape index (κ1) is 12.6. The van der Waals surface area contributed by atoms with Gasteiger partial charge < -0.3 is 15.2 Å². The fraction of sp³-hybridized carbons (Fsp3) is 0.538. The number of rotatable bonds is 4. The van der Waals surface area contributed by atoms with Crippen molar-refractivity contribution in [3.8, 4) is 11.5 Å². The molecule has 0 heterocycles. The minimum atomic E-state index is -0.227. The molecule has 4 heteroatoms. The van der Waals surface area contributed by atoms with Crippen LogP contribution in [0, 0.1) is 0 Å². The van der Waals surface area contributed by atoms with Crippen molar-refractivity contribution in [2.75, 3.05) is 20.5 Å². The summed E-state index contributed by atoms with van der Waals surface area (Å²) < 4.78 is 10.9. The van der Waals surface area contributed by atoms with Gasteiger partial charge in [-0.2, -0.15) is 0 Å². The van der Waals surface area contributed by atoms with Gasteiger partial charge in [0.2, 0.25) is 0 Å². The van der Waals surface area contributed by atoms with E-state index in [0.717, 1.165) is 34.8 Å². The zero-order chi connectivity index (χ0) is 12.5. The van der Waals surface area contributed by atoms with Crippen molar-refractivity contribution < 1.29 is 9.47 Å². The molecule has 0 spiro atoms. The Morgan fingerprint density at radius 1 is 1.18 bits per heavy atom. The van der Waals surface area contributed by atoms with Crippen LogP contribution in [0.1, 0.15) is 24.8 Å². The number of ether oxygens (including phenoxy) is 2. The van der Waals surface area contributed by atoms with E-state index in [2.05, 4.69) is 0 Å². The van der Waals surface area contributed by atoms with Crippen molar-refractivity contribution in [3.63, 3.8) is 0 Å². The fourth-order valence-electron chi connectivity index (χ4n) is 2.25. The Bertz CT molecular complexity index is 416. The molecule has 1 aliphatic carbocycles. The smallest absolute Gasteiger partial charge is 0.133 e. The Hall–Kier alpha value is -0.870. The van der Waals surface area contributed by atoms with Crippen LogP contribution in [0.5, 0.6) is 11.5 Å². The van der Waals surface area contributed by atoms with Gasteiger partial charge in [0.1, 0.15) is 11.5 Å². The van der Waals surface area contributed by atoms with Crippen molar-refractivity contribution in [2.45, 2.75) is 29.7 Å². The number of nitrogens with two attached hydrogens (primary N) is 1. The van der Waals surface area contributed by atoms with E-state index in [1.54, 1.807) is 26.0 Å². The molecule has 0 bridgehead atoms. The minimum absolute atomic E-state index is 0.227. The standard InChI is InChI=1S/C13H19NO2S/c1-15-10-8-12(17-3)11(16-2)7-9(10)13(14)5-4-6-13/h7-8H,4-6,14H2,1-3H3. The molecular formula is C13H19NO2S. The molecule has 0 saturated heterocycles. The van der Waals surface area contributed by atoms with E-state index < -0.39 is 0 Å². The van der Waals surface area contributed by atoms with E-state index >= 15 is 0 Å². The van der Waals surface area contributed by atoms with Crippen LogP contribution in [0.25, 0.3) is 0 Å². The molecule has 0 amide bonds. The van der Waals surface area contributed by atoms with Crippen LogP contribution in [0.15, 0.2) is 17.0 Å². The highest BCUT2D eigenvalue weighted by molar-refractivity contribution is 7.98. The van der Waals surface area contributed by atoms with E-state index in [1.807, 2.05) is 18.4 Å². The summed E-state index contributed by atoms with van der Waals surface area (Å²) in [5.74, 6) is 1.75. The highest BCUT2D eigenvalue weighted by Gasteiger charge is 2.37. The molecular weight excluding hydrogens is 234 g/mol. The quantitative estimate of drug-likeness (QED) is 0.838. The van der Waals surface area contributed by atoms with E-state index in [-0.39, 0.29) is 5.54 Å². The van der Waals surface area contributed by atoms with Crippen molar-refractivity contribution in [2.24, 2.45) is 5.73 Å². The largest absolute Gasteiger partial charge is 0.496 e. The molecule has 0 aromatic heterocycles. The topological polar surface area (TPSA) is 44.5 Å². The van der Waals surface area contributed by atoms with Gasteiger partial charge in [0, 0.05) is 11.1 Å². The van der Waals surface area contributed by atoms with Crippen LogP contribution in [0.2, 0.25) is 0 Å². The molecule has 1 aliphatic rings. The maximum Gasteiger partial charge on any atom is 0.133 e. The number of benzene rings is 1. The van der Waals surface area contributed by atoms with Crippen molar-refractivity contribution in [1.82, 2.24) is 0 Å². The molecule has 0 unspecified atom stereocenters. The van der Waals surface area contributed by atoms with Gasteiger partial charge in [0.05, 0.1) is 19.1 Å². The fourth-order valence-corrected chi connectivity index (χ4v) is 2.81. The summed E-state index contributed by atoms with van der Waals surface area (Å²) >= 11 is 1.65. The molecule has 1 fully saturated rings. The maximum absolute atomic E-state index is 6.37. The predicted molar refractivity (Wildman–Crippen MR) is 71.0 cm³/mol. The Morgan fingerprint density at radius 2 is 1.82 bits per heavy atom. The molecule has 3 nitrogen and oxygen atoms in total. The van der Waals surface area contributed by atoms with Crippen LogP contribution in [0.3, 0.4) is 0 Å². The third kappa shape index (κ3) is 2.11. The second-order valence-electron chi connectivity index (χ2n) is 4.42. The third-order valence-corrected chi connectivity index (χ3v) is 4.25. The summed E-state index contributed by atoms with van der Waals surface area (Å²) in [4.78, 5) is 1.08. The van der Waals surface area contributed by atoms with Gasteiger partial charge >= 0.3 is 0 Å². The Labute approximate surface area is 107 Å². The van der Waals surface area contributed by atoms with Gasteiger partial charge in [-0.3, -0.25) is 0 Å². The average Bonchev–Trinajstić information content (AvgIpc) is 2.34. The molecule has 94 valence electrons. The molecule has 1 saturated carbocycles. The summed E-state index contributed by atoms with van der Waals surface area (Å²) in [6, 6.07) is 4.05. The monoisotopic (exact) mass is 253 g/mol. The van der Waals surface area contributed by atoms with Crippen LogP contribution in [-0.4, -0.2) is 20.5 Å². The normalized spacial score (nSPS) is 17.4. The molecule has 0 radical (unpaired) electrons. The molecule has 1 aromatic carbocycles. The third-order valence-electron chi connectivity index (χ3n) is 3.49. The summed E-state index contributed by atoms with van der Waals surface area (Å²) in [6.45, 7) is 0. The number of hydrogen-bond donors (Lipinski definition) is 1. The Balaban J connectivity index is 2.49. The summed E-state index contributed by atoms with van der Waals surface area (Å²) in [5.41, 5.74) is 7.22. The lowest BCUT2D eigenvalue weighted by Crippen LogP contribution is -2.43. The van der Waals surface area contributed by atoms with Crippen LogP contribution in [0.4, 0.5) is 0 Å². The Morgan fingerprint density at radius 3 is 2.24 bits per heavy atom. The lowest BCUT2D eigenvalue weighted by Gasteiger charge is -2.39. The summed E-state index contributed by atoms with van der Waals surface area (Å²) in [7, 11) is 3.38. The first-order chi connectivity index (χ1) is 8.14. The van der Waals surface area contributed by atoms with Crippen molar-refractivity contribution >= 4 is 11.8 Å². The zero-order valence-electron chi connectivity index (χ0n) is 10.6. The summed E-state index contributed by atoms with van der Waals surface area (Å²) in [6.07, 6.45) is 5.25. The predicted octanol–water partition coefficient (Wildman–Crippen LogP) is 2.76. The van der Waals surface area contributed by atoms with Gasteiger partial charge in [0.15, 0.2) is 0 Å². The van der Waals surface area contributed by atoms with E-state index in [4.69, 9.17) is 15.2 Å². The van der Waals surface area contributed by atoms with Gasteiger partial charge in [-0.15, -0.1) is 11.8 Å². The SMILES string of the molecule is COc1cc(C2(N)CCC2)c(OC)cc1SC. The van der Waals surface area contributed by atoms with Gasteiger partial charge in [0.25, 0.3) is 0 Å². The van der Waals surface area contributed by atoms with Crippen molar-refractivity contribution in [1.29, 1.82) is 0 Å². The van der Waals surface area contributed by atoms with Gasteiger partial charge in [-0.1, -0.05) is 0 Å². The van der Waals surface area contributed by atoms with E-state index in [9.17, 15) is 0 Å². The maximum atomic E-state index is 6.37. The molecule has 17 heavy (non-hydrogen) atoms. The summed E-state index contributed by atoms with van der Waals surface area (Å²) in [5, 5.41) is 0. The molecule has 1 aromatic rings. The van der Waals surface area contributed by atoms with Crippen LogP contribution >= 0.6 is 11.8 Å². The zero-order valence-corrected chi connectivity index (χ0v) is 11.4. The van der Waals surface area contributed by atoms with Crippen molar-refractivity contribution in [3.05, 3.63) is 17.7 Å². The van der Waals surface area contributed by atoms with Crippen LogP contribution in [-0.2, 0) is 5.54 Å². The minimum Gasteiger partial charge on any atom is -0.496 e. The second kappa shape index (κ2) is 4.78. The van der Waals surface area contributed by atoms with E-state index in [1.165, 1.54) is 6.42 Å². The lowest BCUT2D eigenvalue weighted by atomic mass is 9.72. The van der Waals surface area contributed by atoms with Gasteiger partial charge in [-0.25, -0.2) is 0 Å². The first-order valence-electron chi connectivity index (χ1n) is 5.74. The lowest BCUT2D eigenvalue weighted by molar-refractivity contribution is 0.242.